The van der Waals surface area contributed by atoms with Crippen LogP contribution in [0.1, 0.15) is 49.3 Å². The van der Waals surface area contributed by atoms with E-state index in [0.717, 1.165) is 11.3 Å². The van der Waals surface area contributed by atoms with Gasteiger partial charge in [-0.3, -0.25) is 4.90 Å². The zero-order chi connectivity index (χ0) is 21.2. The van der Waals surface area contributed by atoms with E-state index in [4.69, 9.17) is 18.8 Å². The third kappa shape index (κ3) is 4.49. The first kappa shape index (κ1) is 19.8. The SMILES string of the molecule is O=C(O)OC1CN(Cc2ccc(-c3noc(-c4ccc(C5CCCCC5)cc4)n3)o2)C1. The van der Waals surface area contributed by atoms with Gasteiger partial charge in [-0.2, -0.15) is 4.98 Å². The quantitative estimate of drug-likeness (QED) is 0.557. The smallest absolute Gasteiger partial charge is 0.456 e. The molecule has 0 unspecified atom stereocenters. The number of carboxylic acid groups (broad SMARTS) is 1. The van der Waals surface area contributed by atoms with E-state index in [0.29, 0.717) is 43.0 Å². The van der Waals surface area contributed by atoms with E-state index in [9.17, 15) is 4.79 Å². The van der Waals surface area contributed by atoms with Gasteiger partial charge in [-0.1, -0.05) is 36.6 Å². The fourth-order valence-corrected chi connectivity index (χ4v) is 4.45. The van der Waals surface area contributed by atoms with Crippen LogP contribution in [-0.2, 0) is 11.3 Å². The first-order valence-electron chi connectivity index (χ1n) is 10.8. The molecule has 0 amide bonds. The Balaban J connectivity index is 1.20. The van der Waals surface area contributed by atoms with E-state index in [2.05, 4.69) is 22.3 Å². The van der Waals surface area contributed by atoms with Gasteiger partial charge in [-0.15, -0.1) is 0 Å². The van der Waals surface area contributed by atoms with E-state index in [1.165, 1.54) is 37.7 Å². The summed E-state index contributed by atoms with van der Waals surface area (Å²) in [6.45, 7) is 1.70. The molecule has 0 spiro atoms. The predicted molar refractivity (Wildman–Crippen MR) is 111 cm³/mol. The molecule has 3 heterocycles. The van der Waals surface area contributed by atoms with Crippen molar-refractivity contribution in [3.05, 3.63) is 47.7 Å². The summed E-state index contributed by atoms with van der Waals surface area (Å²) in [6.07, 6.45) is 5.03. The monoisotopic (exact) mass is 423 g/mol. The van der Waals surface area contributed by atoms with Gasteiger partial charge in [0, 0.05) is 18.7 Å². The lowest BCUT2D eigenvalue weighted by atomic mass is 9.84. The average Bonchev–Trinajstić information content (AvgIpc) is 3.42. The Bertz CT molecular complexity index is 1030. The lowest BCUT2D eigenvalue weighted by molar-refractivity contribution is -0.0383. The van der Waals surface area contributed by atoms with E-state index in [-0.39, 0.29) is 6.10 Å². The Morgan fingerprint density at radius 2 is 1.87 bits per heavy atom. The van der Waals surface area contributed by atoms with Crippen LogP contribution in [0.2, 0.25) is 0 Å². The van der Waals surface area contributed by atoms with Crippen molar-refractivity contribution in [1.29, 1.82) is 0 Å². The maximum absolute atomic E-state index is 10.5. The van der Waals surface area contributed by atoms with Gasteiger partial charge in [0.25, 0.3) is 5.89 Å². The van der Waals surface area contributed by atoms with Crippen molar-refractivity contribution in [3.8, 4) is 23.0 Å². The molecule has 0 radical (unpaired) electrons. The van der Waals surface area contributed by atoms with Crippen LogP contribution in [0.5, 0.6) is 0 Å². The Labute approximate surface area is 179 Å². The fraction of sp³-hybridized carbons (Fsp3) is 0.435. The molecule has 0 bridgehead atoms. The first-order chi connectivity index (χ1) is 15.1. The van der Waals surface area contributed by atoms with Crippen molar-refractivity contribution in [2.24, 2.45) is 0 Å². The summed E-state index contributed by atoms with van der Waals surface area (Å²) in [5, 5.41) is 12.7. The second-order valence-corrected chi connectivity index (χ2v) is 8.35. The molecule has 3 aromatic rings. The summed E-state index contributed by atoms with van der Waals surface area (Å²) >= 11 is 0. The Morgan fingerprint density at radius 1 is 1.10 bits per heavy atom. The van der Waals surface area contributed by atoms with Crippen LogP contribution >= 0.6 is 0 Å². The maximum Gasteiger partial charge on any atom is 0.506 e. The number of rotatable bonds is 6. The highest BCUT2D eigenvalue weighted by atomic mass is 16.7. The van der Waals surface area contributed by atoms with Crippen LogP contribution < -0.4 is 0 Å². The second kappa shape index (κ2) is 8.55. The van der Waals surface area contributed by atoms with Gasteiger partial charge in [0.1, 0.15) is 11.9 Å². The molecule has 2 aliphatic rings. The molecule has 1 saturated carbocycles. The number of hydrogen-bond donors (Lipinski definition) is 1. The minimum absolute atomic E-state index is 0.267. The van der Waals surface area contributed by atoms with E-state index in [1.807, 2.05) is 29.2 Å². The lowest BCUT2D eigenvalue weighted by Gasteiger charge is -2.36. The summed E-state index contributed by atoms with van der Waals surface area (Å²) in [6, 6.07) is 12.1. The lowest BCUT2D eigenvalue weighted by Crippen LogP contribution is -2.51. The van der Waals surface area contributed by atoms with E-state index in [1.54, 1.807) is 0 Å². The molecule has 8 nitrogen and oxygen atoms in total. The van der Waals surface area contributed by atoms with Crippen LogP contribution in [0.4, 0.5) is 4.79 Å². The molecule has 1 aliphatic heterocycles. The van der Waals surface area contributed by atoms with Gasteiger partial charge >= 0.3 is 6.16 Å². The summed E-state index contributed by atoms with van der Waals surface area (Å²) in [5.41, 5.74) is 2.29. The number of likely N-dealkylation sites (tertiary alicyclic amines) is 1. The highest BCUT2D eigenvalue weighted by molar-refractivity contribution is 5.58. The van der Waals surface area contributed by atoms with Crippen molar-refractivity contribution >= 4 is 6.16 Å². The number of ether oxygens (including phenoxy) is 1. The van der Waals surface area contributed by atoms with Crippen molar-refractivity contribution in [2.75, 3.05) is 13.1 Å². The molecule has 2 fully saturated rings. The standard InChI is InChI=1S/C23H25N3O5/c27-23(28)30-19-13-26(14-19)12-18-10-11-20(29-18)21-24-22(31-25-21)17-8-6-16(7-9-17)15-4-2-1-3-5-15/h6-11,15,19H,1-5,12-14H2,(H,27,28). The van der Waals surface area contributed by atoms with Crippen LogP contribution in [-0.4, -0.2) is 45.5 Å². The molecule has 2 aromatic heterocycles. The van der Waals surface area contributed by atoms with E-state index >= 15 is 0 Å². The maximum atomic E-state index is 10.5. The fourth-order valence-electron chi connectivity index (χ4n) is 4.45. The highest BCUT2D eigenvalue weighted by Crippen LogP contribution is 2.33. The molecule has 1 aromatic carbocycles. The summed E-state index contributed by atoms with van der Waals surface area (Å²) in [4.78, 5) is 17.1. The summed E-state index contributed by atoms with van der Waals surface area (Å²) in [5.74, 6) is 2.85. The molecule has 31 heavy (non-hydrogen) atoms. The molecule has 0 atom stereocenters. The predicted octanol–water partition coefficient (Wildman–Crippen LogP) is 4.92. The van der Waals surface area contributed by atoms with E-state index < -0.39 is 6.16 Å². The Hall–Kier alpha value is -3.13. The van der Waals surface area contributed by atoms with Crippen molar-refractivity contribution in [2.45, 2.75) is 50.7 Å². The van der Waals surface area contributed by atoms with Gasteiger partial charge in [-0.25, -0.2) is 4.79 Å². The number of carbonyl (C=O) groups is 1. The van der Waals surface area contributed by atoms with Crippen LogP contribution in [0.25, 0.3) is 23.0 Å². The largest absolute Gasteiger partial charge is 0.506 e. The minimum atomic E-state index is -1.23. The number of hydrogen-bond acceptors (Lipinski definition) is 7. The van der Waals surface area contributed by atoms with Gasteiger partial charge < -0.3 is 18.8 Å². The van der Waals surface area contributed by atoms with Gasteiger partial charge in [-0.05, 0) is 48.6 Å². The Kier molecular flexibility index (Phi) is 5.46. The minimum Gasteiger partial charge on any atom is -0.456 e. The third-order valence-electron chi connectivity index (χ3n) is 6.11. The molecular weight excluding hydrogens is 398 g/mol. The van der Waals surface area contributed by atoms with Crippen molar-refractivity contribution < 1.29 is 23.6 Å². The molecule has 8 heteroatoms. The highest BCUT2D eigenvalue weighted by Gasteiger charge is 2.30. The van der Waals surface area contributed by atoms with Crippen LogP contribution in [0, 0.1) is 0 Å². The summed E-state index contributed by atoms with van der Waals surface area (Å²) < 4.78 is 16.0. The third-order valence-corrected chi connectivity index (χ3v) is 6.11. The zero-order valence-corrected chi connectivity index (χ0v) is 17.2. The molecule has 1 N–H and O–H groups in total. The zero-order valence-electron chi connectivity index (χ0n) is 17.2. The van der Waals surface area contributed by atoms with Crippen molar-refractivity contribution in [1.82, 2.24) is 15.0 Å². The van der Waals surface area contributed by atoms with Crippen LogP contribution in [0.15, 0.2) is 45.3 Å². The van der Waals surface area contributed by atoms with Crippen molar-refractivity contribution in [3.63, 3.8) is 0 Å². The number of nitrogens with zero attached hydrogens (tertiary/aromatic N) is 3. The average molecular weight is 423 g/mol. The first-order valence-corrected chi connectivity index (χ1v) is 10.8. The Morgan fingerprint density at radius 3 is 2.61 bits per heavy atom. The van der Waals surface area contributed by atoms with Gasteiger partial charge in [0.05, 0.1) is 6.54 Å². The topological polar surface area (TPSA) is 102 Å². The second-order valence-electron chi connectivity index (χ2n) is 8.35. The molecule has 1 aliphatic carbocycles. The van der Waals surface area contributed by atoms with Crippen LogP contribution in [0.3, 0.4) is 0 Å². The normalized spacial score (nSPS) is 18.1. The molecular formula is C23H25N3O5. The number of furan rings is 1. The van der Waals surface area contributed by atoms with Gasteiger partial charge in [0.15, 0.2) is 5.76 Å². The molecule has 5 rings (SSSR count). The number of benzene rings is 1. The summed E-state index contributed by atoms with van der Waals surface area (Å²) in [7, 11) is 0. The van der Waals surface area contributed by atoms with Gasteiger partial charge in [0.2, 0.25) is 5.82 Å². The number of aromatic nitrogens is 2. The molecule has 162 valence electrons. The molecule has 1 saturated heterocycles.